The second-order valence-electron chi connectivity index (χ2n) is 5.47. The van der Waals surface area contributed by atoms with E-state index in [0.29, 0.717) is 17.8 Å². The van der Waals surface area contributed by atoms with Crippen LogP contribution in [0, 0.1) is 11.8 Å². The van der Waals surface area contributed by atoms with Crippen molar-refractivity contribution in [3.05, 3.63) is 10.9 Å². The zero-order chi connectivity index (χ0) is 18.5. The Morgan fingerprint density at radius 1 is 1.33 bits per heavy atom. The third kappa shape index (κ3) is 5.18. The highest BCUT2D eigenvalue weighted by Crippen LogP contribution is 2.33. The van der Waals surface area contributed by atoms with Crippen LogP contribution in [0.5, 0.6) is 5.75 Å². The van der Waals surface area contributed by atoms with Crippen LogP contribution >= 0.6 is 11.3 Å². The number of nitrogens with one attached hydrogen (secondary N) is 1. The van der Waals surface area contributed by atoms with Crippen molar-refractivity contribution in [1.82, 2.24) is 4.72 Å². The van der Waals surface area contributed by atoms with Crippen molar-refractivity contribution in [2.24, 2.45) is 11.8 Å². The average Bonchev–Trinajstić information content (AvgIpc) is 2.95. The minimum absolute atomic E-state index is 0.00337. The number of carbonyl (C=O) groups is 2. The zero-order valence-corrected chi connectivity index (χ0v) is 15.5. The summed E-state index contributed by atoms with van der Waals surface area (Å²) in [6.45, 7) is 3.47. The van der Waals surface area contributed by atoms with Crippen molar-refractivity contribution in [1.29, 1.82) is 0 Å². The summed E-state index contributed by atoms with van der Waals surface area (Å²) in [5, 5.41) is 9.18. The van der Waals surface area contributed by atoms with E-state index in [1.807, 2.05) is 13.8 Å². The third-order valence-corrected chi connectivity index (χ3v) is 6.18. The molecule has 0 amide bonds. The van der Waals surface area contributed by atoms with Gasteiger partial charge >= 0.3 is 11.9 Å². The molecule has 0 spiro atoms. The van der Waals surface area contributed by atoms with Gasteiger partial charge in [-0.2, -0.15) is 0 Å². The number of ether oxygens (including phenoxy) is 2. The van der Waals surface area contributed by atoms with Crippen LogP contribution in [-0.4, -0.2) is 46.2 Å². The van der Waals surface area contributed by atoms with Crippen molar-refractivity contribution < 1.29 is 32.6 Å². The fourth-order valence-corrected chi connectivity index (χ4v) is 4.62. The summed E-state index contributed by atoms with van der Waals surface area (Å²) in [5.41, 5.74) is 0. The van der Waals surface area contributed by atoms with Crippen LogP contribution < -0.4 is 9.46 Å². The minimum Gasteiger partial charge on any atom is -0.494 e. The van der Waals surface area contributed by atoms with Crippen molar-refractivity contribution in [2.75, 3.05) is 20.8 Å². The van der Waals surface area contributed by atoms with Crippen molar-refractivity contribution >= 4 is 33.3 Å². The molecular formula is C14H21NO7S2. The number of rotatable bonds is 9. The first-order valence-corrected chi connectivity index (χ1v) is 9.41. The van der Waals surface area contributed by atoms with Crippen LogP contribution in [0.1, 0.15) is 29.9 Å². The van der Waals surface area contributed by atoms with E-state index < -0.39 is 27.9 Å². The van der Waals surface area contributed by atoms with Gasteiger partial charge in [-0.15, -0.1) is 11.3 Å². The number of sulfonamides is 1. The van der Waals surface area contributed by atoms with Crippen LogP contribution in [0.3, 0.4) is 0 Å². The van der Waals surface area contributed by atoms with E-state index in [1.165, 1.54) is 20.3 Å². The fourth-order valence-electron chi connectivity index (χ4n) is 2.00. The largest absolute Gasteiger partial charge is 0.494 e. The molecule has 0 aliphatic carbocycles. The third-order valence-electron chi connectivity index (χ3n) is 3.14. The number of carboxylic acid groups (broad SMARTS) is 1. The van der Waals surface area contributed by atoms with Gasteiger partial charge in [0.2, 0.25) is 0 Å². The Balaban J connectivity index is 3.01. The predicted molar refractivity (Wildman–Crippen MR) is 88.0 cm³/mol. The van der Waals surface area contributed by atoms with Gasteiger partial charge in [0.05, 0.1) is 20.1 Å². The Hall–Kier alpha value is -1.65. The molecule has 0 saturated carbocycles. The Morgan fingerprint density at radius 3 is 2.42 bits per heavy atom. The molecule has 0 aromatic carbocycles. The molecule has 2 N–H and O–H groups in total. The van der Waals surface area contributed by atoms with Crippen LogP contribution in [0.2, 0.25) is 0 Å². The number of hydrogen-bond acceptors (Lipinski definition) is 7. The van der Waals surface area contributed by atoms with Gasteiger partial charge in [-0.25, -0.2) is 17.9 Å². The van der Waals surface area contributed by atoms with E-state index in [0.717, 1.165) is 0 Å². The number of esters is 1. The molecule has 1 unspecified atom stereocenters. The molecule has 1 atom stereocenters. The van der Waals surface area contributed by atoms with Gasteiger partial charge in [0.25, 0.3) is 10.0 Å². The van der Waals surface area contributed by atoms with Gasteiger partial charge in [-0.05, 0) is 12.3 Å². The Bertz CT molecular complexity index is 694. The lowest BCUT2D eigenvalue weighted by Crippen LogP contribution is -2.33. The highest BCUT2D eigenvalue weighted by molar-refractivity contribution is 7.91. The van der Waals surface area contributed by atoms with Gasteiger partial charge in [0.1, 0.15) is 4.88 Å². The van der Waals surface area contributed by atoms with Crippen molar-refractivity contribution in [2.45, 2.75) is 24.5 Å². The molecule has 0 fully saturated rings. The maximum atomic E-state index is 12.4. The topological polar surface area (TPSA) is 119 Å². The molecule has 1 heterocycles. The highest BCUT2D eigenvalue weighted by Gasteiger charge is 2.28. The number of carbonyl (C=O) groups excluding carboxylic acids is 1. The second kappa shape index (κ2) is 8.45. The van der Waals surface area contributed by atoms with Gasteiger partial charge in [0, 0.05) is 12.6 Å². The monoisotopic (exact) mass is 379 g/mol. The molecule has 1 rings (SSSR count). The van der Waals surface area contributed by atoms with Crippen LogP contribution in [0.4, 0.5) is 0 Å². The Kier molecular flexibility index (Phi) is 7.18. The van der Waals surface area contributed by atoms with E-state index in [-0.39, 0.29) is 27.3 Å². The molecule has 0 saturated heterocycles. The number of hydrogen-bond donors (Lipinski definition) is 2. The summed E-state index contributed by atoms with van der Waals surface area (Å²) >= 11 is 0.700. The van der Waals surface area contributed by atoms with Crippen LogP contribution in [-0.2, 0) is 19.6 Å². The van der Waals surface area contributed by atoms with Crippen molar-refractivity contribution in [3.63, 3.8) is 0 Å². The Morgan fingerprint density at radius 2 is 1.96 bits per heavy atom. The standard InChI is InChI=1S/C14H21NO7S2/c1-8(2)5-9(12(16)17)7-15-24(19,20)14-10(21-3)6-11(23-14)13(18)22-4/h6,8-9,15H,5,7H2,1-4H3,(H,16,17). The first-order valence-electron chi connectivity index (χ1n) is 7.11. The summed E-state index contributed by atoms with van der Waals surface area (Å²) in [6.07, 6.45) is 0.340. The fraction of sp³-hybridized carbons (Fsp3) is 0.571. The van der Waals surface area contributed by atoms with E-state index in [4.69, 9.17) is 4.74 Å². The molecule has 8 nitrogen and oxygen atoms in total. The van der Waals surface area contributed by atoms with Crippen LogP contribution in [0.25, 0.3) is 0 Å². The molecule has 0 bridgehead atoms. The number of carboxylic acids is 1. The lowest BCUT2D eigenvalue weighted by atomic mass is 9.98. The van der Waals surface area contributed by atoms with E-state index in [9.17, 15) is 23.1 Å². The number of aliphatic carboxylic acids is 1. The SMILES string of the molecule is COC(=O)c1cc(OC)c(S(=O)(=O)NCC(CC(C)C)C(=O)O)s1. The van der Waals surface area contributed by atoms with Crippen molar-refractivity contribution in [3.8, 4) is 5.75 Å². The molecule has 1 aromatic rings. The highest BCUT2D eigenvalue weighted by atomic mass is 32.2. The van der Waals surface area contributed by atoms with Gasteiger partial charge in [-0.3, -0.25) is 4.79 Å². The quantitative estimate of drug-likeness (QED) is 0.625. The molecule has 0 aliphatic rings. The normalized spacial score (nSPS) is 12.9. The smallest absolute Gasteiger partial charge is 0.348 e. The zero-order valence-electron chi connectivity index (χ0n) is 13.9. The molecule has 24 heavy (non-hydrogen) atoms. The maximum absolute atomic E-state index is 12.4. The molecular weight excluding hydrogens is 358 g/mol. The molecule has 0 aliphatic heterocycles. The minimum atomic E-state index is -4.02. The summed E-state index contributed by atoms with van der Waals surface area (Å²) in [5.74, 6) is -2.48. The molecule has 0 radical (unpaired) electrons. The first kappa shape index (κ1) is 20.4. The van der Waals surface area contributed by atoms with E-state index >= 15 is 0 Å². The maximum Gasteiger partial charge on any atom is 0.348 e. The van der Waals surface area contributed by atoms with Gasteiger partial charge in [0.15, 0.2) is 9.96 Å². The Labute approximate surface area is 144 Å². The van der Waals surface area contributed by atoms with Gasteiger partial charge < -0.3 is 14.6 Å². The summed E-state index contributed by atoms with van der Waals surface area (Å²) < 4.78 is 36.5. The summed E-state index contributed by atoms with van der Waals surface area (Å²) in [4.78, 5) is 22.8. The summed E-state index contributed by atoms with van der Waals surface area (Å²) in [6, 6.07) is 1.27. The lowest BCUT2D eigenvalue weighted by Gasteiger charge is -2.15. The van der Waals surface area contributed by atoms with E-state index in [2.05, 4.69) is 9.46 Å². The lowest BCUT2D eigenvalue weighted by molar-refractivity contribution is -0.142. The average molecular weight is 379 g/mol. The van der Waals surface area contributed by atoms with E-state index in [1.54, 1.807) is 0 Å². The predicted octanol–water partition coefficient (Wildman–Crippen LogP) is 1.57. The molecule has 10 heteroatoms. The molecule has 136 valence electrons. The first-order chi connectivity index (χ1) is 11.1. The van der Waals surface area contributed by atoms with Gasteiger partial charge in [-0.1, -0.05) is 13.8 Å². The summed E-state index contributed by atoms with van der Waals surface area (Å²) in [7, 11) is -1.55. The second-order valence-corrected chi connectivity index (χ2v) is 8.49. The number of thiophene rings is 1. The number of methoxy groups -OCH3 is 2. The molecule has 1 aromatic heterocycles. The van der Waals surface area contributed by atoms with Crippen LogP contribution in [0.15, 0.2) is 10.3 Å².